The van der Waals surface area contributed by atoms with Crippen LogP contribution in [-0.4, -0.2) is 32.2 Å². The second-order valence-electron chi connectivity index (χ2n) is 5.91. The van der Waals surface area contributed by atoms with Crippen LogP contribution in [0.15, 0.2) is 0 Å². The van der Waals surface area contributed by atoms with Crippen molar-refractivity contribution in [2.45, 2.75) is 78.1 Å². The maximum Gasteiger partial charge on any atom is 0.397 e. The number of rotatable bonds is 15. The molecule has 23 heavy (non-hydrogen) atoms. The number of esters is 1. The first-order valence-corrected chi connectivity index (χ1v) is 10.0. The van der Waals surface area contributed by atoms with Crippen molar-refractivity contribution in [3.8, 4) is 0 Å². The van der Waals surface area contributed by atoms with Crippen LogP contribution in [0.5, 0.6) is 0 Å². The molecular weight excluding hydrogens is 320 g/mol. The summed E-state index contributed by atoms with van der Waals surface area (Å²) in [6.45, 7) is 3.73. The van der Waals surface area contributed by atoms with Crippen molar-refractivity contribution in [3.63, 3.8) is 0 Å². The molecule has 0 bridgehead atoms. The number of ether oxygens (including phenoxy) is 1. The normalized spacial score (nSPS) is 13.0. The number of carbonyl (C=O) groups excluding carboxylic acids is 1. The van der Waals surface area contributed by atoms with Gasteiger partial charge in [-0.3, -0.25) is 4.55 Å². The summed E-state index contributed by atoms with van der Waals surface area (Å²) in [5.74, 6) is -0.498. The van der Waals surface area contributed by atoms with Gasteiger partial charge >= 0.3 is 16.4 Å². The molecule has 0 aliphatic carbocycles. The molecule has 0 aromatic carbocycles. The lowest BCUT2D eigenvalue weighted by Gasteiger charge is -2.14. The zero-order valence-electron chi connectivity index (χ0n) is 14.5. The standard InChI is InChI=1S/C16H32O6S/c1-3-5-6-7-8-9-10-11-12-15(4-2)13-21-16(17)14-22-23(18,19)20/h15H,3-14H2,1-2H3,(H,18,19,20). The summed E-state index contributed by atoms with van der Waals surface area (Å²) in [7, 11) is -4.59. The molecule has 1 N–H and O–H groups in total. The Balaban J connectivity index is 3.64. The Morgan fingerprint density at radius 2 is 1.57 bits per heavy atom. The topological polar surface area (TPSA) is 89.9 Å². The lowest BCUT2D eigenvalue weighted by atomic mass is 9.98. The monoisotopic (exact) mass is 352 g/mol. The average molecular weight is 352 g/mol. The predicted octanol–water partition coefficient (Wildman–Crippen LogP) is 3.91. The first-order chi connectivity index (χ1) is 10.9. The fourth-order valence-corrected chi connectivity index (χ4v) is 2.59. The van der Waals surface area contributed by atoms with Crippen LogP contribution >= 0.6 is 0 Å². The second kappa shape index (κ2) is 13.7. The van der Waals surface area contributed by atoms with Crippen molar-refractivity contribution in [2.75, 3.05) is 13.2 Å². The van der Waals surface area contributed by atoms with Gasteiger partial charge in [-0.15, -0.1) is 0 Å². The van der Waals surface area contributed by atoms with E-state index in [1.54, 1.807) is 0 Å². The van der Waals surface area contributed by atoms with Crippen LogP contribution < -0.4 is 0 Å². The fraction of sp³-hybridized carbons (Fsp3) is 0.938. The van der Waals surface area contributed by atoms with Gasteiger partial charge in [0, 0.05) is 0 Å². The smallest absolute Gasteiger partial charge is 0.397 e. The van der Waals surface area contributed by atoms with Crippen molar-refractivity contribution in [1.29, 1.82) is 0 Å². The van der Waals surface area contributed by atoms with E-state index in [4.69, 9.17) is 9.29 Å². The summed E-state index contributed by atoms with van der Waals surface area (Å²) in [5.41, 5.74) is 0. The molecule has 0 fully saturated rings. The van der Waals surface area contributed by atoms with Crippen molar-refractivity contribution in [3.05, 3.63) is 0 Å². The van der Waals surface area contributed by atoms with Crippen LogP contribution in [0.4, 0.5) is 0 Å². The Labute approximate surface area is 140 Å². The molecule has 0 radical (unpaired) electrons. The van der Waals surface area contributed by atoms with E-state index < -0.39 is 23.0 Å². The molecule has 0 aliphatic rings. The molecule has 0 saturated carbocycles. The van der Waals surface area contributed by atoms with Crippen LogP contribution in [0.1, 0.15) is 78.1 Å². The van der Waals surface area contributed by atoms with Gasteiger partial charge in [0.2, 0.25) is 0 Å². The van der Waals surface area contributed by atoms with Crippen molar-refractivity contribution in [2.24, 2.45) is 5.92 Å². The lowest BCUT2D eigenvalue weighted by Crippen LogP contribution is -2.19. The molecule has 0 rings (SSSR count). The van der Waals surface area contributed by atoms with Gasteiger partial charge in [0.15, 0.2) is 6.61 Å². The number of hydrogen-bond donors (Lipinski definition) is 1. The van der Waals surface area contributed by atoms with E-state index in [1.807, 2.05) is 6.92 Å². The Bertz CT molecular complexity index is 393. The van der Waals surface area contributed by atoms with Gasteiger partial charge in [0.05, 0.1) is 6.61 Å². The predicted molar refractivity (Wildman–Crippen MR) is 89.5 cm³/mol. The quantitative estimate of drug-likeness (QED) is 0.273. The Morgan fingerprint density at radius 3 is 2.09 bits per heavy atom. The van der Waals surface area contributed by atoms with E-state index >= 15 is 0 Å². The van der Waals surface area contributed by atoms with Gasteiger partial charge in [-0.25, -0.2) is 8.98 Å². The van der Waals surface area contributed by atoms with E-state index in [0.29, 0.717) is 0 Å². The largest absolute Gasteiger partial charge is 0.464 e. The van der Waals surface area contributed by atoms with Crippen LogP contribution in [0.3, 0.4) is 0 Å². The molecule has 0 aromatic rings. The van der Waals surface area contributed by atoms with Crippen LogP contribution in [0, 0.1) is 5.92 Å². The SMILES string of the molecule is CCCCCCCCCCC(CC)COC(=O)COS(=O)(=O)O. The highest BCUT2D eigenvalue weighted by Crippen LogP contribution is 2.16. The molecule has 0 heterocycles. The third-order valence-corrected chi connectivity index (χ3v) is 4.26. The third kappa shape index (κ3) is 16.0. The van der Waals surface area contributed by atoms with Crippen LogP contribution in [0.25, 0.3) is 0 Å². The van der Waals surface area contributed by atoms with Crippen molar-refractivity contribution in [1.82, 2.24) is 0 Å². The summed E-state index contributed by atoms with van der Waals surface area (Å²) in [5, 5.41) is 0. The number of unbranched alkanes of at least 4 members (excludes halogenated alkanes) is 7. The Hall–Kier alpha value is -0.660. The first kappa shape index (κ1) is 22.3. The zero-order valence-corrected chi connectivity index (χ0v) is 15.3. The second-order valence-corrected chi connectivity index (χ2v) is 7.00. The van der Waals surface area contributed by atoms with E-state index in [-0.39, 0.29) is 12.5 Å². The van der Waals surface area contributed by atoms with Crippen LogP contribution in [-0.2, 0) is 24.1 Å². The molecule has 0 amide bonds. The summed E-state index contributed by atoms with van der Waals surface area (Å²) in [6, 6.07) is 0. The molecule has 1 unspecified atom stereocenters. The number of hydrogen-bond acceptors (Lipinski definition) is 5. The maximum atomic E-state index is 11.3. The van der Waals surface area contributed by atoms with Gasteiger partial charge in [-0.05, 0) is 12.3 Å². The number of carbonyl (C=O) groups is 1. The summed E-state index contributed by atoms with van der Waals surface area (Å²) >= 11 is 0. The molecule has 7 heteroatoms. The molecule has 0 spiro atoms. The summed E-state index contributed by atoms with van der Waals surface area (Å²) < 4.78 is 38.0. The highest BCUT2D eigenvalue weighted by atomic mass is 32.3. The van der Waals surface area contributed by atoms with Crippen molar-refractivity contribution >= 4 is 16.4 Å². The highest BCUT2D eigenvalue weighted by Gasteiger charge is 2.13. The minimum atomic E-state index is -4.59. The summed E-state index contributed by atoms with van der Waals surface area (Å²) in [6.07, 6.45) is 12.0. The minimum absolute atomic E-state index is 0.265. The van der Waals surface area contributed by atoms with E-state index in [0.717, 1.165) is 19.3 Å². The van der Waals surface area contributed by atoms with E-state index in [9.17, 15) is 13.2 Å². The molecular formula is C16H32O6S. The fourth-order valence-electron chi connectivity index (χ4n) is 2.35. The average Bonchev–Trinajstić information content (AvgIpc) is 2.50. The van der Waals surface area contributed by atoms with Gasteiger partial charge in [-0.1, -0.05) is 71.6 Å². The lowest BCUT2D eigenvalue weighted by molar-refractivity contribution is -0.147. The van der Waals surface area contributed by atoms with Gasteiger partial charge in [0.1, 0.15) is 0 Å². The van der Waals surface area contributed by atoms with Crippen LogP contribution in [0.2, 0.25) is 0 Å². The van der Waals surface area contributed by atoms with Gasteiger partial charge < -0.3 is 4.74 Å². The molecule has 0 aromatic heterocycles. The molecule has 0 saturated heterocycles. The molecule has 1 atom stereocenters. The Kier molecular flexibility index (Phi) is 13.4. The molecule has 0 aliphatic heterocycles. The molecule has 138 valence electrons. The summed E-state index contributed by atoms with van der Waals surface area (Å²) in [4.78, 5) is 11.3. The van der Waals surface area contributed by atoms with Gasteiger partial charge in [0.25, 0.3) is 0 Å². The minimum Gasteiger partial charge on any atom is -0.464 e. The van der Waals surface area contributed by atoms with E-state index in [2.05, 4.69) is 11.1 Å². The van der Waals surface area contributed by atoms with E-state index in [1.165, 1.54) is 44.9 Å². The maximum absolute atomic E-state index is 11.3. The van der Waals surface area contributed by atoms with Crippen molar-refractivity contribution < 1.29 is 26.7 Å². The zero-order chi connectivity index (χ0) is 17.6. The Morgan fingerprint density at radius 1 is 1.00 bits per heavy atom. The first-order valence-electron chi connectivity index (χ1n) is 8.66. The van der Waals surface area contributed by atoms with Gasteiger partial charge in [-0.2, -0.15) is 8.42 Å². The highest BCUT2D eigenvalue weighted by molar-refractivity contribution is 7.80. The third-order valence-electron chi connectivity index (χ3n) is 3.85. The molecule has 6 nitrogen and oxygen atoms in total.